The van der Waals surface area contributed by atoms with Crippen LogP contribution in [-0.2, 0) is 9.59 Å². The molecule has 3 aromatic carbocycles. The van der Waals surface area contributed by atoms with Crippen molar-refractivity contribution in [3.63, 3.8) is 0 Å². The topological polar surface area (TPSA) is 96.9 Å². The molecule has 0 unspecified atom stereocenters. The molecule has 162 valence electrons. The van der Waals surface area contributed by atoms with Gasteiger partial charge in [0.05, 0.1) is 17.5 Å². The predicted molar refractivity (Wildman–Crippen MR) is 121 cm³/mol. The number of carbonyl (C=O) groups is 3. The van der Waals surface area contributed by atoms with Crippen molar-refractivity contribution < 1.29 is 23.5 Å². The monoisotopic (exact) mass is 497 g/mol. The van der Waals surface area contributed by atoms with Gasteiger partial charge in [0.1, 0.15) is 11.6 Å². The van der Waals surface area contributed by atoms with Gasteiger partial charge in [-0.3, -0.25) is 9.59 Å². The summed E-state index contributed by atoms with van der Waals surface area (Å²) < 4.78 is 19.7. The highest BCUT2D eigenvalue weighted by atomic mass is 79.9. The number of benzene rings is 3. The van der Waals surface area contributed by atoms with Gasteiger partial charge in [-0.15, -0.1) is 0 Å². The molecule has 2 N–H and O–H groups in total. The zero-order valence-corrected chi connectivity index (χ0v) is 18.4. The molecule has 7 nitrogen and oxygen atoms in total. The number of nitrogens with zero attached hydrogens (tertiary/aromatic N) is 1. The molecule has 0 saturated heterocycles. The second-order valence-electron chi connectivity index (χ2n) is 6.57. The number of hydrogen-bond donors (Lipinski definition) is 2. The lowest BCUT2D eigenvalue weighted by molar-refractivity contribution is -0.136. The maximum Gasteiger partial charge on any atom is 0.343 e. The highest BCUT2D eigenvalue weighted by molar-refractivity contribution is 9.10. The van der Waals surface area contributed by atoms with E-state index in [1.54, 1.807) is 42.5 Å². The van der Waals surface area contributed by atoms with Gasteiger partial charge in [-0.2, -0.15) is 5.10 Å². The van der Waals surface area contributed by atoms with Crippen LogP contribution in [0.1, 0.15) is 21.5 Å². The number of hydrogen-bond acceptors (Lipinski definition) is 5. The maximum absolute atomic E-state index is 13.8. The Kier molecular flexibility index (Phi) is 7.45. The molecule has 0 fully saturated rings. The third kappa shape index (κ3) is 6.08. The highest BCUT2D eigenvalue weighted by Gasteiger charge is 2.15. The van der Waals surface area contributed by atoms with Gasteiger partial charge >= 0.3 is 17.8 Å². The lowest BCUT2D eigenvalue weighted by atomic mass is 10.1. The van der Waals surface area contributed by atoms with Gasteiger partial charge in [-0.05, 0) is 49.4 Å². The van der Waals surface area contributed by atoms with Crippen LogP contribution in [0.3, 0.4) is 0 Å². The molecule has 3 aromatic rings. The Morgan fingerprint density at radius 3 is 2.53 bits per heavy atom. The van der Waals surface area contributed by atoms with E-state index < -0.39 is 23.6 Å². The molecular formula is C23H17BrFN3O4. The van der Waals surface area contributed by atoms with Crippen molar-refractivity contribution >= 4 is 45.6 Å². The second kappa shape index (κ2) is 10.5. The Bertz CT molecular complexity index is 1210. The molecule has 0 heterocycles. The van der Waals surface area contributed by atoms with Crippen molar-refractivity contribution in [3.8, 4) is 5.75 Å². The average molecular weight is 498 g/mol. The Balaban J connectivity index is 1.63. The fourth-order valence-corrected chi connectivity index (χ4v) is 2.93. The van der Waals surface area contributed by atoms with E-state index in [0.29, 0.717) is 15.6 Å². The lowest BCUT2D eigenvalue weighted by Gasteiger charge is -2.08. The Morgan fingerprint density at radius 1 is 1.00 bits per heavy atom. The molecule has 3 rings (SSSR count). The normalized spacial score (nSPS) is 10.6. The van der Waals surface area contributed by atoms with Crippen LogP contribution in [-0.4, -0.2) is 24.0 Å². The number of rotatable bonds is 5. The number of ether oxygens (including phenoxy) is 1. The number of nitrogens with one attached hydrogen (secondary N) is 2. The summed E-state index contributed by atoms with van der Waals surface area (Å²) in [6, 6.07) is 17.5. The standard InChI is InChI=1S/C23H17BrFN3O4/c1-14-5-4-7-15(11-14)23(31)32-20-8-3-2-6-16(20)13-26-28-22(30)21(29)27-19-10-9-17(24)12-18(19)25/h2-13H,1H3,(H,27,29)(H,28,30)/b26-13+. The van der Waals surface area contributed by atoms with Gasteiger partial charge in [-0.25, -0.2) is 14.6 Å². The van der Waals surface area contributed by atoms with Crippen LogP contribution in [0.15, 0.2) is 76.3 Å². The SMILES string of the molecule is Cc1cccc(C(=O)Oc2ccccc2/C=N/NC(=O)C(=O)Nc2ccc(Br)cc2F)c1. The van der Waals surface area contributed by atoms with Crippen molar-refractivity contribution in [3.05, 3.63) is 93.7 Å². The smallest absolute Gasteiger partial charge is 0.343 e. The third-order valence-corrected chi connectivity index (χ3v) is 4.62. The van der Waals surface area contributed by atoms with Crippen LogP contribution in [0.4, 0.5) is 10.1 Å². The third-order valence-electron chi connectivity index (χ3n) is 4.13. The number of para-hydroxylation sites is 1. The van der Waals surface area contributed by atoms with Crippen LogP contribution in [0.2, 0.25) is 0 Å². The molecule has 9 heteroatoms. The van der Waals surface area contributed by atoms with Crippen molar-refractivity contribution in [1.29, 1.82) is 0 Å². The van der Waals surface area contributed by atoms with Crippen molar-refractivity contribution in [1.82, 2.24) is 5.43 Å². The first kappa shape index (κ1) is 22.8. The van der Waals surface area contributed by atoms with Crippen LogP contribution in [0.5, 0.6) is 5.75 Å². The highest BCUT2D eigenvalue weighted by Crippen LogP contribution is 2.20. The number of halogens is 2. The molecule has 2 amide bonds. The summed E-state index contributed by atoms with van der Waals surface area (Å²) in [5, 5.41) is 5.87. The van der Waals surface area contributed by atoms with Gasteiger partial charge in [0, 0.05) is 10.0 Å². The largest absolute Gasteiger partial charge is 0.422 e. The second-order valence-corrected chi connectivity index (χ2v) is 7.49. The van der Waals surface area contributed by atoms with Gasteiger partial charge in [0.2, 0.25) is 0 Å². The lowest BCUT2D eigenvalue weighted by Crippen LogP contribution is -2.32. The zero-order valence-electron chi connectivity index (χ0n) is 16.8. The van der Waals surface area contributed by atoms with E-state index in [4.69, 9.17) is 4.74 Å². The van der Waals surface area contributed by atoms with E-state index in [1.807, 2.05) is 18.4 Å². The van der Waals surface area contributed by atoms with E-state index >= 15 is 0 Å². The van der Waals surface area contributed by atoms with Crippen LogP contribution < -0.4 is 15.5 Å². The maximum atomic E-state index is 13.8. The van der Waals surface area contributed by atoms with E-state index in [0.717, 1.165) is 11.6 Å². The minimum atomic E-state index is -1.10. The number of carbonyl (C=O) groups excluding carboxylic acids is 3. The van der Waals surface area contributed by atoms with E-state index in [1.165, 1.54) is 18.3 Å². The summed E-state index contributed by atoms with van der Waals surface area (Å²) in [5.41, 5.74) is 3.60. The Hall–Kier alpha value is -3.85. The molecule has 32 heavy (non-hydrogen) atoms. The summed E-state index contributed by atoms with van der Waals surface area (Å²) in [4.78, 5) is 36.3. The summed E-state index contributed by atoms with van der Waals surface area (Å²) in [7, 11) is 0. The van der Waals surface area contributed by atoms with Crippen LogP contribution in [0.25, 0.3) is 0 Å². The Labute approximate surface area is 191 Å². The molecule has 0 aliphatic rings. The zero-order chi connectivity index (χ0) is 23.1. The molecular weight excluding hydrogens is 481 g/mol. The minimum Gasteiger partial charge on any atom is -0.422 e. The molecule has 0 bridgehead atoms. The number of aryl methyl sites for hydroxylation is 1. The van der Waals surface area contributed by atoms with E-state index in [9.17, 15) is 18.8 Å². The van der Waals surface area contributed by atoms with Crippen LogP contribution >= 0.6 is 15.9 Å². The van der Waals surface area contributed by atoms with Crippen molar-refractivity contribution in [2.45, 2.75) is 6.92 Å². The Morgan fingerprint density at radius 2 is 1.78 bits per heavy atom. The number of hydrazone groups is 1. The van der Waals surface area contributed by atoms with Crippen LogP contribution in [0, 0.1) is 12.7 Å². The molecule has 0 aliphatic heterocycles. The fourth-order valence-electron chi connectivity index (χ4n) is 2.59. The number of anilines is 1. The van der Waals surface area contributed by atoms with Crippen molar-refractivity contribution in [2.75, 3.05) is 5.32 Å². The fraction of sp³-hybridized carbons (Fsp3) is 0.0435. The number of amides is 2. The molecule has 0 aliphatic carbocycles. The molecule has 0 saturated carbocycles. The molecule has 0 atom stereocenters. The van der Waals surface area contributed by atoms with Gasteiger partial charge < -0.3 is 10.1 Å². The van der Waals surface area contributed by atoms with E-state index in [-0.39, 0.29) is 11.4 Å². The molecule has 0 aromatic heterocycles. The first-order valence-electron chi connectivity index (χ1n) is 9.31. The average Bonchev–Trinajstić information content (AvgIpc) is 2.76. The van der Waals surface area contributed by atoms with Crippen molar-refractivity contribution in [2.24, 2.45) is 5.10 Å². The quantitative estimate of drug-likeness (QED) is 0.181. The van der Waals surface area contributed by atoms with Gasteiger partial charge in [0.25, 0.3) is 0 Å². The summed E-state index contributed by atoms with van der Waals surface area (Å²) in [6.45, 7) is 1.86. The summed E-state index contributed by atoms with van der Waals surface area (Å²) in [5.74, 6) is -3.22. The number of esters is 1. The van der Waals surface area contributed by atoms with E-state index in [2.05, 4.69) is 26.3 Å². The predicted octanol–water partition coefficient (Wildman–Crippen LogP) is 4.20. The molecule has 0 radical (unpaired) electrons. The molecule has 0 spiro atoms. The summed E-state index contributed by atoms with van der Waals surface area (Å²) in [6.07, 6.45) is 1.23. The van der Waals surface area contributed by atoms with Gasteiger partial charge in [0.15, 0.2) is 0 Å². The first-order chi connectivity index (χ1) is 15.3. The summed E-state index contributed by atoms with van der Waals surface area (Å²) >= 11 is 3.10. The first-order valence-corrected chi connectivity index (χ1v) is 10.1. The minimum absolute atomic E-state index is 0.147. The van der Waals surface area contributed by atoms with Gasteiger partial charge in [-0.1, -0.05) is 45.8 Å².